The first-order chi connectivity index (χ1) is 7.17. The average molecular weight is 296 g/mol. The Morgan fingerprint density at radius 2 is 2.40 bits per heavy atom. The zero-order chi connectivity index (χ0) is 11.3. The molecule has 0 fully saturated rings. The summed E-state index contributed by atoms with van der Waals surface area (Å²) in [5, 5.41) is 21.6. The molecule has 3 N–H and O–H groups in total. The van der Waals surface area contributed by atoms with Gasteiger partial charge >= 0.3 is 0 Å². The summed E-state index contributed by atoms with van der Waals surface area (Å²) in [5.74, 6) is 0. The normalized spacial score (nSPS) is 12.8. The first kappa shape index (κ1) is 12.9. The number of aliphatic hydroxyl groups excluding tert-OH is 2. The van der Waals surface area contributed by atoms with Crippen LogP contribution >= 0.6 is 27.3 Å². The molecule has 0 aliphatic carbocycles. The van der Waals surface area contributed by atoms with Gasteiger partial charge in [0.1, 0.15) is 0 Å². The number of methoxy groups -OCH3 is 1. The molecule has 0 aromatic carbocycles. The summed E-state index contributed by atoms with van der Waals surface area (Å²) in [5.41, 5.74) is 0. The van der Waals surface area contributed by atoms with Crippen LogP contribution in [0.2, 0.25) is 0 Å². The summed E-state index contributed by atoms with van der Waals surface area (Å²) in [7, 11) is 1.63. The molecule has 0 saturated heterocycles. The Morgan fingerprint density at radius 1 is 1.67 bits per heavy atom. The minimum Gasteiger partial charge on any atom is -0.486 e. The maximum atomic E-state index is 9.10. The molecule has 86 valence electrons. The molecule has 1 rings (SSSR count). The summed E-state index contributed by atoms with van der Waals surface area (Å²) >= 11 is 4.92. The monoisotopic (exact) mass is 295 g/mol. The maximum Gasteiger partial charge on any atom is 0.188 e. The minimum absolute atomic E-state index is 0.218. The predicted octanol–water partition coefficient (Wildman–Crippen LogP) is 0.962. The number of thiophene rings is 1. The van der Waals surface area contributed by atoms with Crippen molar-refractivity contribution in [3.63, 3.8) is 0 Å². The lowest BCUT2D eigenvalue weighted by molar-refractivity contribution is 0.0943. The number of hydrogen-bond donors (Lipinski definition) is 3. The van der Waals surface area contributed by atoms with E-state index in [0.717, 1.165) is 14.4 Å². The lowest BCUT2D eigenvalue weighted by Crippen LogP contribution is -2.28. The second-order valence-corrected chi connectivity index (χ2v) is 4.97. The molecule has 0 radical (unpaired) electrons. The highest BCUT2D eigenvalue weighted by Gasteiger charge is 2.07. The van der Waals surface area contributed by atoms with Crippen LogP contribution in [0.15, 0.2) is 10.5 Å². The highest BCUT2D eigenvalue weighted by molar-refractivity contribution is 9.10. The lowest BCUT2D eigenvalue weighted by atomic mass is 10.3. The SMILES string of the molecule is COc1sc(CNC[C@H](O)CO)cc1Br. The maximum absolute atomic E-state index is 9.10. The third-order valence-electron chi connectivity index (χ3n) is 1.78. The zero-order valence-electron chi connectivity index (χ0n) is 8.36. The number of hydrogen-bond acceptors (Lipinski definition) is 5. The van der Waals surface area contributed by atoms with Gasteiger partial charge in [0, 0.05) is 18.0 Å². The van der Waals surface area contributed by atoms with Gasteiger partial charge in [-0.1, -0.05) is 0 Å². The summed E-state index contributed by atoms with van der Waals surface area (Å²) < 4.78 is 6.07. The molecule has 0 spiro atoms. The summed E-state index contributed by atoms with van der Waals surface area (Å²) in [4.78, 5) is 1.11. The Labute approximate surface area is 101 Å². The molecule has 0 aliphatic rings. The van der Waals surface area contributed by atoms with Crippen molar-refractivity contribution in [3.8, 4) is 5.06 Å². The molecule has 0 aliphatic heterocycles. The molecular formula is C9H14BrNO3S. The number of nitrogens with one attached hydrogen (secondary N) is 1. The smallest absolute Gasteiger partial charge is 0.188 e. The van der Waals surface area contributed by atoms with Crippen LogP contribution in [-0.2, 0) is 6.54 Å². The number of rotatable bonds is 6. The standard InChI is InChI=1S/C9H14BrNO3S/c1-14-9-8(10)2-7(15-9)4-11-3-6(13)5-12/h2,6,11-13H,3-5H2,1H3/t6-/m0/s1. The van der Waals surface area contributed by atoms with E-state index in [0.29, 0.717) is 13.1 Å². The molecule has 6 heteroatoms. The molecular weight excluding hydrogens is 282 g/mol. The minimum atomic E-state index is -0.699. The van der Waals surface area contributed by atoms with E-state index < -0.39 is 6.10 Å². The van der Waals surface area contributed by atoms with Crippen molar-refractivity contribution in [2.24, 2.45) is 0 Å². The predicted molar refractivity (Wildman–Crippen MR) is 63.4 cm³/mol. The Morgan fingerprint density at radius 3 is 2.93 bits per heavy atom. The van der Waals surface area contributed by atoms with Gasteiger partial charge in [-0.2, -0.15) is 0 Å². The lowest BCUT2D eigenvalue weighted by Gasteiger charge is -2.07. The van der Waals surface area contributed by atoms with Crippen LogP contribution in [0.3, 0.4) is 0 Å². The second-order valence-electron chi connectivity index (χ2n) is 3.02. The fourth-order valence-electron chi connectivity index (χ4n) is 1.05. The first-order valence-electron chi connectivity index (χ1n) is 4.49. The Balaban J connectivity index is 2.37. The highest BCUT2D eigenvalue weighted by atomic mass is 79.9. The molecule has 0 unspecified atom stereocenters. The van der Waals surface area contributed by atoms with Crippen LogP contribution in [-0.4, -0.2) is 36.6 Å². The number of halogens is 1. The van der Waals surface area contributed by atoms with Crippen molar-refractivity contribution in [3.05, 3.63) is 15.4 Å². The largest absolute Gasteiger partial charge is 0.486 e. The van der Waals surface area contributed by atoms with Gasteiger partial charge in [-0.05, 0) is 22.0 Å². The molecule has 4 nitrogen and oxygen atoms in total. The molecule has 1 aromatic rings. The van der Waals surface area contributed by atoms with E-state index in [2.05, 4.69) is 21.2 Å². The van der Waals surface area contributed by atoms with E-state index in [-0.39, 0.29) is 6.61 Å². The molecule has 1 atom stereocenters. The van der Waals surface area contributed by atoms with Gasteiger partial charge < -0.3 is 20.3 Å². The van der Waals surface area contributed by atoms with Gasteiger partial charge in [-0.3, -0.25) is 0 Å². The van der Waals surface area contributed by atoms with Crippen LogP contribution < -0.4 is 10.1 Å². The van der Waals surface area contributed by atoms with Crippen LogP contribution in [0.5, 0.6) is 5.06 Å². The van der Waals surface area contributed by atoms with Crippen molar-refractivity contribution in [1.29, 1.82) is 0 Å². The Bertz CT molecular complexity index is 306. The van der Waals surface area contributed by atoms with E-state index >= 15 is 0 Å². The van der Waals surface area contributed by atoms with E-state index in [1.807, 2.05) is 6.07 Å². The fourth-order valence-corrected chi connectivity index (χ4v) is 2.71. The van der Waals surface area contributed by atoms with Gasteiger partial charge in [-0.25, -0.2) is 0 Å². The van der Waals surface area contributed by atoms with Crippen LogP contribution in [0.1, 0.15) is 4.88 Å². The number of ether oxygens (including phenoxy) is 1. The third-order valence-corrected chi connectivity index (χ3v) is 3.73. The Hall–Kier alpha value is -0.140. The first-order valence-corrected chi connectivity index (χ1v) is 6.10. The topological polar surface area (TPSA) is 61.7 Å². The van der Waals surface area contributed by atoms with Crippen molar-refractivity contribution >= 4 is 27.3 Å². The summed E-state index contributed by atoms with van der Waals surface area (Å²) in [6, 6.07) is 1.97. The Kier molecular flexibility index (Phi) is 5.55. The highest BCUT2D eigenvalue weighted by Crippen LogP contribution is 2.34. The summed E-state index contributed by atoms with van der Waals surface area (Å²) in [6.07, 6.45) is -0.699. The van der Waals surface area contributed by atoms with Crippen molar-refractivity contribution in [2.45, 2.75) is 12.6 Å². The number of aliphatic hydroxyl groups is 2. The van der Waals surface area contributed by atoms with Crippen LogP contribution in [0, 0.1) is 0 Å². The van der Waals surface area contributed by atoms with Gasteiger partial charge in [0.2, 0.25) is 0 Å². The van der Waals surface area contributed by atoms with Crippen LogP contribution in [0.4, 0.5) is 0 Å². The van der Waals surface area contributed by atoms with E-state index in [9.17, 15) is 0 Å². The molecule has 1 aromatic heterocycles. The molecule has 0 bridgehead atoms. The van der Waals surface area contributed by atoms with Gasteiger partial charge in [-0.15, -0.1) is 11.3 Å². The average Bonchev–Trinajstić information content (AvgIpc) is 2.58. The van der Waals surface area contributed by atoms with Crippen molar-refractivity contribution in [1.82, 2.24) is 5.32 Å². The van der Waals surface area contributed by atoms with E-state index in [1.54, 1.807) is 18.4 Å². The summed E-state index contributed by atoms with van der Waals surface area (Å²) in [6.45, 7) is 0.822. The van der Waals surface area contributed by atoms with Crippen LogP contribution in [0.25, 0.3) is 0 Å². The zero-order valence-corrected chi connectivity index (χ0v) is 10.8. The quantitative estimate of drug-likeness (QED) is 0.732. The molecule has 1 heterocycles. The molecule has 15 heavy (non-hydrogen) atoms. The van der Waals surface area contributed by atoms with Crippen molar-refractivity contribution in [2.75, 3.05) is 20.3 Å². The fraction of sp³-hybridized carbons (Fsp3) is 0.556. The third kappa shape index (κ3) is 4.08. The van der Waals surface area contributed by atoms with Gasteiger partial charge in [0.25, 0.3) is 0 Å². The van der Waals surface area contributed by atoms with Crippen molar-refractivity contribution < 1.29 is 14.9 Å². The molecule has 0 amide bonds. The second kappa shape index (κ2) is 6.44. The van der Waals surface area contributed by atoms with Gasteiger partial charge in [0.05, 0.1) is 24.3 Å². The van der Waals surface area contributed by atoms with E-state index in [1.165, 1.54) is 0 Å². The molecule has 0 saturated carbocycles. The van der Waals surface area contributed by atoms with Gasteiger partial charge in [0.15, 0.2) is 5.06 Å². The van der Waals surface area contributed by atoms with E-state index in [4.69, 9.17) is 14.9 Å².